The minimum Gasteiger partial charge on any atom is -0.493 e. The number of benzene rings is 2. The second-order valence-electron chi connectivity index (χ2n) is 5.15. The molecule has 0 aliphatic heterocycles. The third kappa shape index (κ3) is 4.62. The molecule has 128 valence electrons. The fourth-order valence-electron chi connectivity index (χ4n) is 2.17. The summed E-state index contributed by atoms with van der Waals surface area (Å²) in [6, 6.07) is 10.7. The average molecular weight is 333 g/mol. The van der Waals surface area contributed by atoms with Crippen LogP contribution in [0.2, 0.25) is 0 Å². The van der Waals surface area contributed by atoms with E-state index in [4.69, 9.17) is 14.2 Å². The van der Waals surface area contributed by atoms with Crippen LogP contribution in [-0.2, 0) is 4.79 Å². The predicted octanol–water partition coefficient (Wildman–Crippen LogP) is 3.10. The van der Waals surface area contributed by atoms with Crippen molar-refractivity contribution in [2.45, 2.75) is 13.0 Å². The molecule has 0 saturated heterocycles. The van der Waals surface area contributed by atoms with E-state index in [0.717, 1.165) is 5.56 Å². The van der Waals surface area contributed by atoms with Crippen LogP contribution in [0.3, 0.4) is 0 Å². The van der Waals surface area contributed by atoms with Gasteiger partial charge in [0.2, 0.25) is 0 Å². The van der Waals surface area contributed by atoms with E-state index in [1.54, 1.807) is 20.3 Å². The van der Waals surface area contributed by atoms with Crippen LogP contribution in [0.4, 0.5) is 4.39 Å². The Bertz CT molecular complexity index is 688. The summed E-state index contributed by atoms with van der Waals surface area (Å²) in [5.74, 6) is 1.03. The molecule has 0 radical (unpaired) electrons. The number of hydrogen-bond donors (Lipinski definition) is 1. The monoisotopic (exact) mass is 333 g/mol. The van der Waals surface area contributed by atoms with Gasteiger partial charge in [-0.1, -0.05) is 6.07 Å². The van der Waals surface area contributed by atoms with Crippen LogP contribution >= 0.6 is 0 Å². The SMILES string of the molecule is COc1ccc([C@H](C)NC(=O)COc2ccc(F)cc2)cc1OC. The number of halogens is 1. The van der Waals surface area contributed by atoms with E-state index in [9.17, 15) is 9.18 Å². The molecule has 0 bridgehead atoms. The smallest absolute Gasteiger partial charge is 0.258 e. The van der Waals surface area contributed by atoms with Crippen molar-refractivity contribution in [3.63, 3.8) is 0 Å². The highest BCUT2D eigenvalue weighted by Crippen LogP contribution is 2.29. The fourth-order valence-corrected chi connectivity index (χ4v) is 2.17. The van der Waals surface area contributed by atoms with Gasteiger partial charge in [-0.05, 0) is 48.9 Å². The van der Waals surface area contributed by atoms with Gasteiger partial charge in [0.1, 0.15) is 11.6 Å². The van der Waals surface area contributed by atoms with Gasteiger partial charge >= 0.3 is 0 Å². The second-order valence-corrected chi connectivity index (χ2v) is 5.15. The molecule has 1 amide bonds. The third-order valence-electron chi connectivity index (χ3n) is 3.47. The van der Waals surface area contributed by atoms with Gasteiger partial charge in [0.25, 0.3) is 5.91 Å². The molecule has 1 N–H and O–H groups in total. The highest BCUT2D eigenvalue weighted by molar-refractivity contribution is 5.78. The van der Waals surface area contributed by atoms with Crippen LogP contribution in [0.1, 0.15) is 18.5 Å². The van der Waals surface area contributed by atoms with Crippen molar-refractivity contribution in [3.05, 3.63) is 53.8 Å². The molecule has 2 aromatic carbocycles. The van der Waals surface area contributed by atoms with Crippen molar-refractivity contribution in [1.29, 1.82) is 0 Å². The van der Waals surface area contributed by atoms with E-state index in [1.807, 2.05) is 19.1 Å². The number of ether oxygens (including phenoxy) is 3. The molecule has 0 fully saturated rings. The Morgan fingerprint density at radius 1 is 1.08 bits per heavy atom. The van der Waals surface area contributed by atoms with Crippen molar-refractivity contribution in [2.24, 2.45) is 0 Å². The summed E-state index contributed by atoms with van der Waals surface area (Å²) < 4.78 is 28.6. The minimum atomic E-state index is -0.353. The van der Waals surface area contributed by atoms with Crippen molar-refractivity contribution in [2.75, 3.05) is 20.8 Å². The molecule has 24 heavy (non-hydrogen) atoms. The molecule has 0 spiro atoms. The first-order valence-electron chi connectivity index (χ1n) is 7.43. The fraction of sp³-hybridized carbons (Fsp3) is 0.278. The van der Waals surface area contributed by atoms with Crippen LogP contribution < -0.4 is 19.5 Å². The van der Waals surface area contributed by atoms with Crippen molar-refractivity contribution >= 4 is 5.91 Å². The number of nitrogens with one attached hydrogen (secondary N) is 1. The Kier molecular flexibility index (Phi) is 6.01. The van der Waals surface area contributed by atoms with E-state index >= 15 is 0 Å². The molecule has 2 rings (SSSR count). The Balaban J connectivity index is 1.92. The molecule has 5 nitrogen and oxygen atoms in total. The van der Waals surface area contributed by atoms with Gasteiger partial charge < -0.3 is 19.5 Å². The van der Waals surface area contributed by atoms with Crippen LogP contribution in [-0.4, -0.2) is 26.7 Å². The molecule has 0 unspecified atom stereocenters. The maximum absolute atomic E-state index is 12.8. The Morgan fingerprint density at radius 2 is 1.75 bits per heavy atom. The van der Waals surface area contributed by atoms with E-state index in [-0.39, 0.29) is 24.4 Å². The van der Waals surface area contributed by atoms with Gasteiger partial charge in [-0.25, -0.2) is 4.39 Å². The number of rotatable bonds is 7. The molecule has 6 heteroatoms. The summed E-state index contributed by atoms with van der Waals surface area (Å²) >= 11 is 0. The lowest BCUT2D eigenvalue weighted by Crippen LogP contribution is -2.31. The zero-order valence-electron chi connectivity index (χ0n) is 13.8. The lowest BCUT2D eigenvalue weighted by Gasteiger charge is -2.16. The van der Waals surface area contributed by atoms with Crippen LogP contribution in [0.15, 0.2) is 42.5 Å². The largest absolute Gasteiger partial charge is 0.493 e. The summed E-state index contributed by atoms with van der Waals surface area (Å²) in [6.45, 7) is 1.71. The number of hydrogen-bond acceptors (Lipinski definition) is 4. The minimum absolute atomic E-state index is 0.150. The van der Waals surface area contributed by atoms with Crippen molar-refractivity contribution in [3.8, 4) is 17.2 Å². The maximum atomic E-state index is 12.8. The van der Waals surface area contributed by atoms with Gasteiger partial charge in [0, 0.05) is 0 Å². The number of carbonyl (C=O) groups is 1. The third-order valence-corrected chi connectivity index (χ3v) is 3.47. The molecule has 0 aromatic heterocycles. The molecule has 1 atom stereocenters. The molecule has 0 saturated carbocycles. The standard InChI is InChI=1S/C18H20FNO4/c1-12(13-4-9-16(22-2)17(10-13)23-3)20-18(21)11-24-15-7-5-14(19)6-8-15/h4-10,12H,11H2,1-3H3,(H,20,21)/t12-/m0/s1. The molecule has 0 aliphatic carbocycles. The second kappa shape index (κ2) is 8.19. The first-order valence-corrected chi connectivity index (χ1v) is 7.43. The van der Waals surface area contributed by atoms with E-state index in [1.165, 1.54) is 24.3 Å². The van der Waals surface area contributed by atoms with E-state index in [2.05, 4.69) is 5.32 Å². The zero-order valence-corrected chi connectivity index (χ0v) is 13.8. The lowest BCUT2D eigenvalue weighted by atomic mass is 10.1. The Hall–Kier alpha value is -2.76. The topological polar surface area (TPSA) is 56.8 Å². The van der Waals surface area contributed by atoms with Gasteiger partial charge in [-0.3, -0.25) is 4.79 Å². The molecular weight excluding hydrogens is 313 g/mol. The molecule has 0 heterocycles. The van der Waals surface area contributed by atoms with Crippen molar-refractivity contribution in [1.82, 2.24) is 5.32 Å². The average Bonchev–Trinajstić information content (AvgIpc) is 2.60. The highest BCUT2D eigenvalue weighted by atomic mass is 19.1. The van der Waals surface area contributed by atoms with Crippen LogP contribution in [0, 0.1) is 5.82 Å². The van der Waals surface area contributed by atoms with Gasteiger partial charge in [0.15, 0.2) is 18.1 Å². The van der Waals surface area contributed by atoms with E-state index < -0.39 is 0 Å². The van der Waals surface area contributed by atoms with Crippen molar-refractivity contribution < 1.29 is 23.4 Å². The van der Waals surface area contributed by atoms with Gasteiger partial charge in [-0.15, -0.1) is 0 Å². The van der Waals surface area contributed by atoms with Crippen LogP contribution in [0.5, 0.6) is 17.2 Å². The van der Waals surface area contributed by atoms with Gasteiger partial charge in [-0.2, -0.15) is 0 Å². The maximum Gasteiger partial charge on any atom is 0.258 e. The van der Waals surface area contributed by atoms with E-state index in [0.29, 0.717) is 17.2 Å². The normalized spacial score (nSPS) is 11.5. The first-order chi connectivity index (χ1) is 11.5. The Labute approximate surface area is 140 Å². The number of methoxy groups -OCH3 is 2. The summed E-state index contributed by atoms with van der Waals surface area (Å²) in [7, 11) is 3.12. The number of amides is 1. The van der Waals surface area contributed by atoms with Crippen LogP contribution in [0.25, 0.3) is 0 Å². The van der Waals surface area contributed by atoms with Gasteiger partial charge in [0.05, 0.1) is 20.3 Å². The Morgan fingerprint density at radius 3 is 2.38 bits per heavy atom. The number of carbonyl (C=O) groups excluding carboxylic acids is 1. The summed E-state index contributed by atoms with van der Waals surface area (Å²) in [6.07, 6.45) is 0. The molecular formula is C18H20FNO4. The highest BCUT2D eigenvalue weighted by Gasteiger charge is 2.13. The quantitative estimate of drug-likeness (QED) is 0.846. The lowest BCUT2D eigenvalue weighted by molar-refractivity contribution is -0.123. The molecule has 2 aromatic rings. The zero-order chi connectivity index (χ0) is 17.5. The first kappa shape index (κ1) is 17.6. The summed E-state index contributed by atoms with van der Waals surface area (Å²) in [5, 5.41) is 2.83. The predicted molar refractivity (Wildman–Crippen MR) is 88.0 cm³/mol. The summed E-state index contributed by atoms with van der Waals surface area (Å²) in [5.41, 5.74) is 0.878. The summed E-state index contributed by atoms with van der Waals surface area (Å²) in [4.78, 5) is 12.0. The molecule has 0 aliphatic rings.